The number of likely N-dealkylation sites (N-methyl/N-ethyl adjacent to an activating group) is 1. The van der Waals surface area contributed by atoms with Crippen molar-refractivity contribution in [2.24, 2.45) is 0 Å². The number of nitrogens with one attached hydrogen (secondary N) is 1. The number of ether oxygens (including phenoxy) is 1. The zero-order valence-electron chi connectivity index (χ0n) is 14.9. The summed E-state index contributed by atoms with van der Waals surface area (Å²) in [6.07, 6.45) is 8.08. The van der Waals surface area contributed by atoms with Crippen molar-refractivity contribution in [2.75, 3.05) is 26.2 Å². The van der Waals surface area contributed by atoms with Crippen LogP contribution < -0.4 is 5.32 Å². The van der Waals surface area contributed by atoms with Crippen LogP contribution in [0.3, 0.4) is 0 Å². The van der Waals surface area contributed by atoms with Crippen molar-refractivity contribution in [3.63, 3.8) is 0 Å². The molecule has 0 aromatic heterocycles. The van der Waals surface area contributed by atoms with Crippen LogP contribution >= 0.6 is 0 Å². The minimum atomic E-state index is 0.155. The summed E-state index contributed by atoms with van der Waals surface area (Å²) >= 11 is 0. The van der Waals surface area contributed by atoms with E-state index in [1.165, 1.54) is 5.76 Å². The lowest BCUT2D eigenvalue weighted by Gasteiger charge is -2.49. The highest BCUT2D eigenvalue weighted by Crippen LogP contribution is 2.33. The second-order valence-electron chi connectivity index (χ2n) is 5.97. The van der Waals surface area contributed by atoms with E-state index in [1.54, 1.807) is 0 Å². The van der Waals surface area contributed by atoms with Crippen molar-refractivity contribution < 1.29 is 4.74 Å². The van der Waals surface area contributed by atoms with Crippen LogP contribution in [0.1, 0.15) is 66.7 Å². The second-order valence-corrected chi connectivity index (χ2v) is 5.97. The third-order valence-electron chi connectivity index (χ3n) is 5.00. The van der Waals surface area contributed by atoms with E-state index < -0.39 is 0 Å². The zero-order chi connectivity index (χ0) is 15.7. The van der Waals surface area contributed by atoms with Crippen molar-refractivity contribution in [1.29, 1.82) is 0 Å². The van der Waals surface area contributed by atoms with Gasteiger partial charge in [0.2, 0.25) is 0 Å². The molecule has 1 atom stereocenters. The lowest BCUT2D eigenvalue weighted by atomic mass is 9.80. The molecule has 3 nitrogen and oxygen atoms in total. The van der Waals surface area contributed by atoms with Crippen LogP contribution in [0, 0.1) is 0 Å². The number of hydrogen-bond donors (Lipinski definition) is 1. The molecule has 0 spiro atoms. The smallest absolute Gasteiger partial charge is 0.111 e. The van der Waals surface area contributed by atoms with Gasteiger partial charge in [-0.3, -0.25) is 4.90 Å². The van der Waals surface area contributed by atoms with Gasteiger partial charge in [0.25, 0.3) is 0 Å². The number of hydrogen-bond acceptors (Lipinski definition) is 3. The maximum atomic E-state index is 6.06. The highest BCUT2D eigenvalue weighted by atomic mass is 16.5. The van der Waals surface area contributed by atoms with Crippen LogP contribution in [-0.4, -0.2) is 42.7 Å². The summed E-state index contributed by atoms with van der Waals surface area (Å²) in [6.45, 7) is 15.5. The molecule has 0 fully saturated rings. The third kappa shape index (κ3) is 4.23. The summed E-state index contributed by atoms with van der Waals surface area (Å²) in [7, 11) is 0. The van der Waals surface area contributed by atoms with Crippen LogP contribution in [0.15, 0.2) is 11.8 Å². The zero-order valence-corrected chi connectivity index (χ0v) is 14.9. The fourth-order valence-electron chi connectivity index (χ4n) is 3.76. The molecular formula is C18H36N2O. The Morgan fingerprint density at radius 1 is 1.19 bits per heavy atom. The number of allylic oxidation sites excluding steroid dienone is 1. The molecule has 0 saturated heterocycles. The quantitative estimate of drug-likeness (QED) is 0.660. The first-order chi connectivity index (χ1) is 10.2. The Kier molecular flexibility index (Phi) is 8.35. The lowest BCUT2D eigenvalue weighted by molar-refractivity contribution is 0.0323. The summed E-state index contributed by atoms with van der Waals surface area (Å²) in [5, 5.41) is 3.80. The normalized spacial score (nSPS) is 17.5. The fourth-order valence-corrected chi connectivity index (χ4v) is 3.76. The molecule has 1 unspecified atom stereocenters. The molecule has 0 aromatic carbocycles. The summed E-state index contributed by atoms with van der Waals surface area (Å²) in [4.78, 5) is 2.62. The molecule has 0 saturated carbocycles. The first-order valence-electron chi connectivity index (χ1n) is 9.01. The van der Waals surface area contributed by atoms with Crippen molar-refractivity contribution in [1.82, 2.24) is 10.2 Å². The van der Waals surface area contributed by atoms with Gasteiger partial charge in [-0.25, -0.2) is 0 Å². The maximum absolute atomic E-state index is 6.06. The van der Waals surface area contributed by atoms with Gasteiger partial charge in [0.1, 0.15) is 5.76 Å². The SMILES string of the molecule is CCCNC(C1=CCCCO1)C(CC)(CC)N(CC)CC. The van der Waals surface area contributed by atoms with E-state index in [1.807, 2.05) is 0 Å². The van der Waals surface area contributed by atoms with E-state index in [0.29, 0.717) is 6.04 Å². The largest absolute Gasteiger partial charge is 0.497 e. The van der Waals surface area contributed by atoms with E-state index in [9.17, 15) is 0 Å². The minimum absolute atomic E-state index is 0.155. The maximum Gasteiger partial charge on any atom is 0.111 e. The van der Waals surface area contributed by atoms with Crippen LogP contribution in [0.25, 0.3) is 0 Å². The van der Waals surface area contributed by atoms with Gasteiger partial charge in [0.15, 0.2) is 0 Å². The van der Waals surface area contributed by atoms with Crippen LogP contribution in [-0.2, 0) is 4.74 Å². The molecule has 0 aromatic rings. The molecular weight excluding hydrogens is 260 g/mol. The van der Waals surface area contributed by atoms with Gasteiger partial charge in [0, 0.05) is 5.54 Å². The molecule has 124 valence electrons. The Labute approximate surface area is 132 Å². The first kappa shape index (κ1) is 18.5. The van der Waals surface area contributed by atoms with E-state index in [0.717, 1.165) is 58.3 Å². The van der Waals surface area contributed by atoms with Crippen molar-refractivity contribution >= 4 is 0 Å². The lowest BCUT2D eigenvalue weighted by Crippen LogP contribution is -2.62. The molecule has 0 aliphatic carbocycles. The summed E-state index contributed by atoms with van der Waals surface area (Å²) in [5.74, 6) is 1.19. The molecule has 3 heteroatoms. The van der Waals surface area contributed by atoms with E-state index in [2.05, 4.69) is 50.9 Å². The topological polar surface area (TPSA) is 24.5 Å². The molecule has 0 bridgehead atoms. The predicted octanol–water partition coefficient (Wildman–Crippen LogP) is 3.95. The highest BCUT2D eigenvalue weighted by molar-refractivity contribution is 5.16. The Bertz CT molecular complexity index is 306. The monoisotopic (exact) mass is 296 g/mol. The van der Waals surface area contributed by atoms with Crippen molar-refractivity contribution in [3.8, 4) is 0 Å². The highest BCUT2D eigenvalue weighted by Gasteiger charge is 2.42. The van der Waals surface area contributed by atoms with Gasteiger partial charge in [-0.1, -0.05) is 34.6 Å². The molecule has 21 heavy (non-hydrogen) atoms. The Morgan fingerprint density at radius 3 is 2.29 bits per heavy atom. The molecule has 1 rings (SSSR count). The average Bonchev–Trinajstić information content (AvgIpc) is 2.55. The molecule has 0 radical (unpaired) electrons. The average molecular weight is 296 g/mol. The number of nitrogens with zero attached hydrogens (tertiary/aromatic N) is 1. The van der Waals surface area contributed by atoms with E-state index in [-0.39, 0.29) is 5.54 Å². The Hall–Kier alpha value is -0.540. The molecule has 1 aliphatic heterocycles. The van der Waals surface area contributed by atoms with Gasteiger partial charge in [-0.05, 0) is 57.8 Å². The van der Waals surface area contributed by atoms with Gasteiger partial charge in [-0.2, -0.15) is 0 Å². The Balaban J connectivity index is 3.12. The third-order valence-corrected chi connectivity index (χ3v) is 5.00. The predicted molar refractivity (Wildman–Crippen MR) is 91.6 cm³/mol. The van der Waals surface area contributed by atoms with Crippen molar-refractivity contribution in [2.45, 2.75) is 78.3 Å². The standard InChI is InChI=1S/C18H36N2O/c1-6-14-19-17(16-13-11-12-15-21-16)18(7-2,8-3)20(9-4)10-5/h13,17,19H,6-12,14-15H2,1-5H3. The summed E-state index contributed by atoms with van der Waals surface area (Å²) < 4.78 is 6.06. The fraction of sp³-hybridized carbons (Fsp3) is 0.889. The van der Waals surface area contributed by atoms with Crippen LogP contribution in [0.2, 0.25) is 0 Å². The number of rotatable bonds is 10. The second kappa shape index (κ2) is 9.47. The summed E-state index contributed by atoms with van der Waals surface area (Å²) in [6, 6.07) is 0.313. The van der Waals surface area contributed by atoms with Gasteiger partial charge >= 0.3 is 0 Å². The molecule has 1 heterocycles. The van der Waals surface area contributed by atoms with Crippen LogP contribution in [0.5, 0.6) is 0 Å². The van der Waals surface area contributed by atoms with Gasteiger partial charge in [-0.15, -0.1) is 0 Å². The Morgan fingerprint density at radius 2 is 1.86 bits per heavy atom. The molecule has 1 aliphatic rings. The molecule has 1 N–H and O–H groups in total. The first-order valence-corrected chi connectivity index (χ1v) is 9.01. The van der Waals surface area contributed by atoms with Gasteiger partial charge in [0.05, 0.1) is 12.6 Å². The van der Waals surface area contributed by atoms with Gasteiger partial charge < -0.3 is 10.1 Å². The van der Waals surface area contributed by atoms with Crippen molar-refractivity contribution in [3.05, 3.63) is 11.8 Å². The summed E-state index contributed by atoms with van der Waals surface area (Å²) in [5.41, 5.74) is 0.155. The molecule has 0 amide bonds. The van der Waals surface area contributed by atoms with E-state index in [4.69, 9.17) is 4.74 Å². The van der Waals surface area contributed by atoms with E-state index >= 15 is 0 Å². The van der Waals surface area contributed by atoms with Crippen LogP contribution in [0.4, 0.5) is 0 Å². The minimum Gasteiger partial charge on any atom is -0.497 e.